The summed E-state index contributed by atoms with van der Waals surface area (Å²) in [4.78, 5) is 0. The van der Waals surface area contributed by atoms with Gasteiger partial charge >= 0.3 is 0 Å². The van der Waals surface area contributed by atoms with Crippen molar-refractivity contribution in [1.82, 2.24) is 0 Å². The van der Waals surface area contributed by atoms with Gasteiger partial charge in [0.05, 0.1) is 0 Å². The number of hydrogen-bond donors (Lipinski definition) is 0. The highest BCUT2D eigenvalue weighted by atomic mass is 28.3. The van der Waals surface area contributed by atoms with E-state index in [9.17, 15) is 0 Å². The van der Waals surface area contributed by atoms with E-state index < -0.39 is 8.07 Å². The van der Waals surface area contributed by atoms with Gasteiger partial charge in [0, 0.05) is 0 Å². The Balaban J connectivity index is 2.13. The Morgan fingerprint density at radius 1 is 0.679 bits per heavy atom. The third-order valence-electron chi connectivity index (χ3n) is 5.94. The number of hydrogen-bond acceptors (Lipinski definition) is 0. The lowest BCUT2D eigenvalue weighted by Gasteiger charge is -2.37. The molecule has 0 unspecified atom stereocenters. The summed E-state index contributed by atoms with van der Waals surface area (Å²) in [6.07, 6.45) is 5.80. The number of benzene rings is 3. The third-order valence-corrected chi connectivity index (χ3v) is 10.9. The van der Waals surface area contributed by atoms with Gasteiger partial charge in [-0.1, -0.05) is 122 Å². The van der Waals surface area contributed by atoms with E-state index in [1.807, 2.05) is 0 Å². The van der Waals surface area contributed by atoms with Gasteiger partial charge in [0.25, 0.3) is 0 Å². The minimum absolute atomic E-state index is 0.526. The second-order valence-electron chi connectivity index (χ2n) is 8.04. The largest absolute Gasteiger partial charge is 0.176 e. The Hall–Kier alpha value is -2.64. The van der Waals surface area contributed by atoms with Crippen molar-refractivity contribution in [3.05, 3.63) is 113 Å². The maximum Gasteiger partial charge on any atom is 0.176 e. The quantitative estimate of drug-likeness (QED) is 0.435. The second kappa shape index (κ2) is 7.77. The van der Waals surface area contributed by atoms with Crippen molar-refractivity contribution in [3.63, 3.8) is 0 Å². The summed E-state index contributed by atoms with van der Waals surface area (Å²) in [6, 6.07) is 31.8. The van der Waals surface area contributed by atoms with Gasteiger partial charge in [-0.25, -0.2) is 0 Å². The van der Waals surface area contributed by atoms with Crippen LogP contribution < -0.4 is 15.6 Å². The van der Waals surface area contributed by atoms with Crippen molar-refractivity contribution < 1.29 is 0 Å². The van der Waals surface area contributed by atoms with Crippen molar-refractivity contribution in [2.45, 2.75) is 27.2 Å². The molecule has 0 heterocycles. The second-order valence-corrected chi connectivity index (χ2v) is 11.9. The summed E-state index contributed by atoms with van der Waals surface area (Å²) in [7, 11) is -2.32. The first kappa shape index (κ1) is 18.7. The van der Waals surface area contributed by atoms with Crippen LogP contribution in [0.3, 0.4) is 0 Å². The van der Waals surface area contributed by atoms with E-state index in [4.69, 9.17) is 0 Å². The molecule has 0 N–H and O–H groups in total. The van der Waals surface area contributed by atoms with Gasteiger partial charge < -0.3 is 0 Å². The molecular formula is C27H28Si. The lowest BCUT2D eigenvalue weighted by molar-refractivity contribution is 0.789. The van der Waals surface area contributed by atoms with Crippen molar-refractivity contribution in [2.75, 3.05) is 0 Å². The van der Waals surface area contributed by atoms with Crippen LogP contribution in [-0.2, 0) is 0 Å². The molecule has 140 valence electrons. The van der Waals surface area contributed by atoms with Crippen LogP contribution in [0.4, 0.5) is 0 Å². The zero-order chi connectivity index (χ0) is 19.6. The minimum Gasteiger partial charge on any atom is -0.0805 e. The van der Waals surface area contributed by atoms with Crippen molar-refractivity contribution >= 4 is 23.6 Å². The monoisotopic (exact) mass is 380 g/mol. The summed E-state index contributed by atoms with van der Waals surface area (Å²) in [5.74, 6) is 0.526. The first-order chi connectivity index (χ1) is 13.6. The molecule has 28 heavy (non-hydrogen) atoms. The SMILES string of the molecule is Cc1ccc([Si](C2=C(C(C)C)C=CC2)(c2ccccc2)c2ccccc2)cc1. The standard InChI is InChI=1S/C27H28Si/c1-21(2)26-15-10-16-27(26)28(23-11-6-4-7-12-23,24-13-8-5-9-14-24)25-19-17-22(3)18-20-25/h4-15,17-21H,16H2,1-3H3. The highest BCUT2D eigenvalue weighted by molar-refractivity contribution is 7.16. The minimum atomic E-state index is -2.32. The normalized spacial score (nSPS) is 14.1. The van der Waals surface area contributed by atoms with Crippen LogP contribution in [0.2, 0.25) is 0 Å². The van der Waals surface area contributed by atoms with E-state index in [1.54, 1.807) is 5.20 Å². The summed E-state index contributed by atoms with van der Waals surface area (Å²) < 4.78 is 0. The van der Waals surface area contributed by atoms with Crippen LogP contribution in [0.25, 0.3) is 0 Å². The van der Waals surface area contributed by atoms with Crippen LogP contribution in [0.15, 0.2) is 108 Å². The molecule has 0 amide bonds. The van der Waals surface area contributed by atoms with Crippen molar-refractivity contribution in [3.8, 4) is 0 Å². The van der Waals surface area contributed by atoms with Gasteiger partial charge in [-0.3, -0.25) is 0 Å². The fourth-order valence-corrected chi connectivity index (χ4v) is 9.96. The average molecular weight is 381 g/mol. The first-order valence-electron chi connectivity index (χ1n) is 10.2. The fraction of sp³-hybridized carbons (Fsp3) is 0.185. The highest BCUT2D eigenvalue weighted by Crippen LogP contribution is 2.32. The predicted molar refractivity (Wildman–Crippen MR) is 124 cm³/mol. The molecule has 1 aliphatic rings. The fourth-order valence-electron chi connectivity index (χ4n) is 4.64. The average Bonchev–Trinajstić information content (AvgIpc) is 3.22. The molecule has 0 atom stereocenters. The molecule has 0 aromatic heterocycles. The maximum absolute atomic E-state index is 2.38. The molecule has 3 aromatic rings. The molecule has 0 aliphatic heterocycles. The van der Waals surface area contributed by atoms with Crippen LogP contribution in [0.1, 0.15) is 25.8 Å². The van der Waals surface area contributed by atoms with Gasteiger partial charge in [-0.2, -0.15) is 0 Å². The Morgan fingerprint density at radius 2 is 1.18 bits per heavy atom. The van der Waals surface area contributed by atoms with E-state index in [2.05, 4.69) is 118 Å². The highest BCUT2D eigenvalue weighted by Gasteiger charge is 2.44. The summed E-state index contributed by atoms with van der Waals surface area (Å²) in [6.45, 7) is 6.83. The molecule has 0 fully saturated rings. The van der Waals surface area contributed by atoms with Crippen LogP contribution >= 0.6 is 0 Å². The molecule has 4 rings (SSSR count). The Morgan fingerprint density at radius 3 is 1.68 bits per heavy atom. The topological polar surface area (TPSA) is 0 Å². The van der Waals surface area contributed by atoms with E-state index >= 15 is 0 Å². The van der Waals surface area contributed by atoms with Gasteiger partial charge in [-0.05, 0) is 40.4 Å². The molecule has 0 saturated heterocycles. The number of aryl methyl sites for hydroxylation is 1. The van der Waals surface area contributed by atoms with Gasteiger partial charge in [0.15, 0.2) is 8.07 Å². The third kappa shape index (κ3) is 3.10. The zero-order valence-electron chi connectivity index (χ0n) is 17.0. The Kier molecular flexibility index (Phi) is 5.19. The lowest BCUT2D eigenvalue weighted by Crippen LogP contribution is -2.68. The van der Waals surface area contributed by atoms with Crippen LogP contribution in [0.5, 0.6) is 0 Å². The molecule has 0 saturated carbocycles. The molecule has 0 spiro atoms. The molecule has 1 heteroatoms. The summed E-state index contributed by atoms with van der Waals surface area (Å²) in [5.41, 5.74) is 2.84. The lowest BCUT2D eigenvalue weighted by atomic mass is 10.1. The van der Waals surface area contributed by atoms with E-state index in [0.29, 0.717) is 5.92 Å². The molecule has 3 aromatic carbocycles. The van der Waals surface area contributed by atoms with Crippen LogP contribution in [-0.4, -0.2) is 8.07 Å². The van der Waals surface area contributed by atoms with E-state index in [1.165, 1.54) is 26.7 Å². The molecule has 0 bridgehead atoms. The van der Waals surface area contributed by atoms with Gasteiger partial charge in [0.1, 0.15) is 0 Å². The summed E-state index contributed by atoms with van der Waals surface area (Å²) in [5, 5.41) is 6.07. The zero-order valence-corrected chi connectivity index (χ0v) is 18.0. The van der Waals surface area contributed by atoms with Crippen LogP contribution in [0, 0.1) is 12.8 Å². The number of rotatable bonds is 5. The maximum atomic E-state index is 2.38. The molecule has 1 aliphatic carbocycles. The molecule has 0 nitrogen and oxygen atoms in total. The van der Waals surface area contributed by atoms with E-state index in [0.717, 1.165) is 6.42 Å². The predicted octanol–water partition coefficient (Wildman–Crippen LogP) is 4.92. The van der Waals surface area contributed by atoms with Gasteiger partial charge in [-0.15, -0.1) is 0 Å². The van der Waals surface area contributed by atoms with Crippen molar-refractivity contribution in [1.29, 1.82) is 0 Å². The van der Waals surface area contributed by atoms with E-state index in [-0.39, 0.29) is 0 Å². The molecule has 0 radical (unpaired) electrons. The van der Waals surface area contributed by atoms with Crippen molar-refractivity contribution in [2.24, 2.45) is 5.92 Å². The first-order valence-corrected chi connectivity index (χ1v) is 12.2. The number of allylic oxidation sites excluding steroid dienone is 4. The van der Waals surface area contributed by atoms with Gasteiger partial charge in [0.2, 0.25) is 0 Å². The summed E-state index contributed by atoms with van der Waals surface area (Å²) >= 11 is 0. The molecular weight excluding hydrogens is 352 g/mol. The Bertz CT molecular complexity index is 954. The Labute approximate surface area is 170 Å². The smallest absolute Gasteiger partial charge is 0.0805 e.